The van der Waals surface area contributed by atoms with Gasteiger partial charge in [-0.25, -0.2) is 0 Å². The lowest BCUT2D eigenvalue weighted by molar-refractivity contribution is 0.0925. The van der Waals surface area contributed by atoms with Crippen molar-refractivity contribution in [2.45, 2.75) is 32.4 Å². The van der Waals surface area contributed by atoms with E-state index in [1.54, 1.807) is 7.11 Å². The molecule has 5 nitrogen and oxygen atoms in total. The van der Waals surface area contributed by atoms with Gasteiger partial charge < -0.3 is 19.7 Å². The molecule has 1 aromatic heterocycles. The highest BCUT2D eigenvalue weighted by molar-refractivity contribution is 5.98. The molecule has 5 heteroatoms. The number of carbonyl (C=O) groups is 1. The molecule has 2 aromatic rings. The number of ether oxygens (including phenoxy) is 1. The number of aliphatic hydroxyl groups excluding tert-OH is 1. The van der Waals surface area contributed by atoms with Gasteiger partial charge in [-0.3, -0.25) is 4.79 Å². The summed E-state index contributed by atoms with van der Waals surface area (Å²) in [4.78, 5) is 12.5. The van der Waals surface area contributed by atoms with Gasteiger partial charge in [-0.05, 0) is 31.9 Å². The van der Waals surface area contributed by atoms with Gasteiger partial charge in [-0.1, -0.05) is 18.2 Å². The molecule has 0 saturated heterocycles. The molecule has 2 rings (SSSR count). The molecule has 0 bridgehead atoms. The SMILES string of the molecule is COCCn1c(C(=O)NC(C)CCCO)cc2ccccc21. The number of aromatic nitrogens is 1. The van der Waals surface area contributed by atoms with Crippen molar-refractivity contribution in [2.75, 3.05) is 20.3 Å². The molecular formula is C17H24N2O3. The molecule has 1 amide bonds. The van der Waals surface area contributed by atoms with Crippen LogP contribution in [0, 0.1) is 0 Å². The van der Waals surface area contributed by atoms with Crippen LogP contribution in [0.2, 0.25) is 0 Å². The molecule has 0 saturated carbocycles. The van der Waals surface area contributed by atoms with Crippen LogP contribution in [0.25, 0.3) is 10.9 Å². The summed E-state index contributed by atoms with van der Waals surface area (Å²) < 4.78 is 7.15. The Bertz CT molecular complexity index is 621. The quantitative estimate of drug-likeness (QED) is 0.785. The third-order valence-corrected chi connectivity index (χ3v) is 3.73. The van der Waals surface area contributed by atoms with Gasteiger partial charge in [0.15, 0.2) is 0 Å². The summed E-state index contributed by atoms with van der Waals surface area (Å²) in [5, 5.41) is 12.9. The molecule has 2 N–H and O–H groups in total. The fourth-order valence-electron chi connectivity index (χ4n) is 2.59. The Balaban J connectivity index is 2.23. The van der Waals surface area contributed by atoms with Crippen molar-refractivity contribution in [3.8, 4) is 0 Å². The van der Waals surface area contributed by atoms with Crippen LogP contribution in [-0.2, 0) is 11.3 Å². The Hall–Kier alpha value is -1.85. The fraction of sp³-hybridized carbons (Fsp3) is 0.471. The molecule has 1 unspecified atom stereocenters. The van der Waals surface area contributed by atoms with Gasteiger partial charge in [-0.15, -0.1) is 0 Å². The monoisotopic (exact) mass is 304 g/mol. The lowest BCUT2D eigenvalue weighted by atomic mass is 10.2. The summed E-state index contributed by atoms with van der Waals surface area (Å²) >= 11 is 0. The minimum absolute atomic E-state index is 0.0357. The average Bonchev–Trinajstić information content (AvgIpc) is 2.89. The lowest BCUT2D eigenvalue weighted by Crippen LogP contribution is -2.34. The van der Waals surface area contributed by atoms with Crippen LogP contribution in [-0.4, -0.2) is 41.9 Å². The van der Waals surface area contributed by atoms with E-state index in [2.05, 4.69) is 5.32 Å². The summed E-state index contributed by atoms with van der Waals surface area (Å²) in [6.07, 6.45) is 1.45. The van der Waals surface area contributed by atoms with Crippen LogP contribution in [0.15, 0.2) is 30.3 Å². The van der Waals surface area contributed by atoms with Gasteiger partial charge in [0.1, 0.15) is 5.69 Å². The Kier molecular flexibility index (Phi) is 5.98. The van der Waals surface area contributed by atoms with E-state index < -0.39 is 0 Å². The van der Waals surface area contributed by atoms with Gasteiger partial charge in [0.2, 0.25) is 0 Å². The van der Waals surface area contributed by atoms with Crippen LogP contribution in [0.3, 0.4) is 0 Å². The minimum Gasteiger partial charge on any atom is -0.396 e. The summed E-state index contributed by atoms with van der Waals surface area (Å²) in [6.45, 7) is 3.29. The topological polar surface area (TPSA) is 63.5 Å². The smallest absolute Gasteiger partial charge is 0.268 e. The summed E-state index contributed by atoms with van der Waals surface area (Å²) in [5.41, 5.74) is 1.68. The number of nitrogens with zero attached hydrogens (tertiary/aromatic N) is 1. The predicted molar refractivity (Wildman–Crippen MR) is 87.1 cm³/mol. The Morgan fingerprint density at radius 2 is 2.18 bits per heavy atom. The van der Waals surface area contributed by atoms with Crippen molar-refractivity contribution in [3.63, 3.8) is 0 Å². The molecule has 0 fully saturated rings. The number of carbonyl (C=O) groups excluding carboxylic acids is 1. The molecule has 0 radical (unpaired) electrons. The van der Waals surface area contributed by atoms with E-state index in [4.69, 9.17) is 9.84 Å². The zero-order valence-corrected chi connectivity index (χ0v) is 13.2. The lowest BCUT2D eigenvalue weighted by Gasteiger charge is -2.15. The highest BCUT2D eigenvalue weighted by Crippen LogP contribution is 2.20. The first-order valence-corrected chi connectivity index (χ1v) is 7.66. The number of hydrogen-bond donors (Lipinski definition) is 2. The summed E-state index contributed by atoms with van der Waals surface area (Å²) in [6, 6.07) is 9.90. The van der Waals surface area contributed by atoms with Crippen LogP contribution in [0.5, 0.6) is 0 Å². The van der Waals surface area contributed by atoms with Gasteiger partial charge >= 0.3 is 0 Å². The zero-order chi connectivity index (χ0) is 15.9. The van der Waals surface area contributed by atoms with Gasteiger partial charge in [0.25, 0.3) is 5.91 Å². The highest BCUT2D eigenvalue weighted by Gasteiger charge is 2.16. The van der Waals surface area contributed by atoms with E-state index in [0.29, 0.717) is 25.3 Å². The molecule has 0 aliphatic rings. The molecule has 22 heavy (non-hydrogen) atoms. The molecule has 0 aliphatic heterocycles. The molecule has 1 atom stereocenters. The number of nitrogens with one attached hydrogen (secondary N) is 1. The van der Waals surface area contributed by atoms with Crippen LogP contribution in [0.4, 0.5) is 0 Å². The number of amides is 1. The molecule has 1 aromatic carbocycles. The third kappa shape index (κ3) is 3.87. The second-order valence-electron chi connectivity index (χ2n) is 5.47. The number of hydrogen-bond acceptors (Lipinski definition) is 3. The first kappa shape index (κ1) is 16.5. The molecule has 120 valence electrons. The summed E-state index contributed by atoms with van der Waals surface area (Å²) in [5.74, 6) is -0.0854. The second kappa shape index (κ2) is 7.96. The normalized spacial score (nSPS) is 12.5. The highest BCUT2D eigenvalue weighted by atomic mass is 16.5. The number of benzene rings is 1. The Labute approximate surface area is 130 Å². The molecule has 0 spiro atoms. The number of para-hydroxylation sites is 1. The standard InChI is InChI=1S/C17H24N2O3/c1-13(6-5-10-20)18-17(21)16-12-14-7-3-4-8-15(14)19(16)9-11-22-2/h3-4,7-8,12-13,20H,5-6,9-11H2,1-2H3,(H,18,21). The summed E-state index contributed by atoms with van der Waals surface area (Å²) in [7, 11) is 1.66. The fourth-order valence-corrected chi connectivity index (χ4v) is 2.59. The van der Waals surface area contributed by atoms with Crippen LogP contribution < -0.4 is 5.32 Å². The van der Waals surface area contributed by atoms with E-state index in [9.17, 15) is 4.79 Å². The van der Waals surface area contributed by atoms with Gasteiger partial charge in [0.05, 0.1) is 6.61 Å². The van der Waals surface area contributed by atoms with Crippen molar-refractivity contribution >= 4 is 16.8 Å². The van der Waals surface area contributed by atoms with Crippen molar-refractivity contribution in [1.82, 2.24) is 9.88 Å². The van der Waals surface area contributed by atoms with Crippen LogP contribution in [0.1, 0.15) is 30.3 Å². The largest absolute Gasteiger partial charge is 0.396 e. The number of rotatable bonds is 8. The molecule has 1 heterocycles. The molecular weight excluding hydrogens is 280 g/mol. The van der Waals surface area contributed by atoms with E-state index in [-0.39, 0.29) is 18.6 Å². The number of aliphatic hydroxyl groups is 1. The predicted octanol–water partition coefficient (Wildman–Crippen LogP) is 2.18. The maximum atomic E-state index is 12.5. The minimum atomic E-state index is -0.0854. The third-order valence-electron chi connectivity index (χ3n) is 3.73. The maximum absolute atomic E-state index is 12.5. The van der Waals surface area contributed by atoms with Gasteiger partial charge in [-0.2, -0.15) is 0 Å². The van der Waals surface area contributed by atoms with Crippen molar-refractivity contribution < 1.29 is 14.6 Å². The van der Waals surface area contributed by atoms with E-state index in [1.807, 2.05) is 41.8 Å². The zero-order valence-electron chi connectivity index (χ0n) is 13.2. The van der Waals surface area contributed by atoms with Crippen molar-refractivity contribution in [3.05, 3.63) is 36.0 Å². The van der Waals surface area contributed by atoms with Crippen molar-refractivity contribution in [2.24, 2.45) is 0 Å². The second-order valence-corrected chi connectivity index (χ2v) is 5.47. The Morgan fingerprint density at radius 1 is 1.41 bits per heavy atom. The molecule has 0 aliphatic carbocycles. The van der Waals surface area contributed by atoms with E-state index >= 15 is 0 Å². The van der Waals surface area contributed by atoms with E-state index in [0.717, 1.165) is 17.3 Å². The average molecular weight is 304 g/mol. The maximum Gasteiger partial charge on any atom is 0.268 e. The van der Waals surface area contributed by atoms with E-state index in [1.165, 1.54) is 0 Å². The van der Waals surface area contributed by atoms with Gasteiger partial charge in [0, 0.05) is 37.2 Å². The first-order valence-electron chi connectivity index (χ1n) is 7.66. The van der Waals surface area contributed by atoms with Crippen LogP contribution >= 0.6 is 0 Å². The number of fused-ring (bicyclic) bond motifs is 1. The first-order chi connectivity index (χ1) is 10.7. The Morgan fingerprint density at radius 3 is 2.91 bits per heavy atom. The number of methoxy groups -OCH3 is 1. The van der Waals surface area contributed by atoms with Crippen molar-refractivity contribution in [1.29, 1.82) is 0 Å².